The third-order valence-corrected chi connectivity index (χ3v) is 5.97. The zero-order valence-electron chi connectivity index (χ0n) is 20.1. The summed E-state index contributed by atoms with van der Waals surface area (Å²) < 4.78 is 11.8. The maximum atomic E-state index is 11.5. The van der Waals surface area contributed by atoms with Gasteiger partial charge in [-0.25, -0.2) is 4.98 Å². The summed E-state index contributed by atoms with van der Waals surface area (Å²) in [6.07, 6.45) is 0.628. The van der Waals surface area contributed by atoms with Crippen molar-refractivity contribution in [3.8, 4) is 17.2 Å². The number of carboxylic acids is 1. The minimum atomic E-state index is -0.849. The van der Waals surface area contributed by atoms with Crippen molar-refractivity contribution in [2.75, 3.05) is 13.2 Å². The van der Waals surface area contributed by atoms with Crippen LogP contribution in [0.15, 0.2) is 89.3 Å². The summed E-state index contributed by atoms with van der Waals surface area (Å²) in [5, 5.41) is 9.45. The van der Waals surface area contributed by atoms with Crippen LogP contribution in [0.25, 0.3) is 11.5 Å². The van der Waals surface area contributed by atoms with E-state index < -0.39 is 5.97 Å². The fraction of sp³-hybridized carbons (Fsp3) is 0.267. The molecule has 0 fully saturated rings. The zero-order chi connectivity index (χ0) is 24.6. The van der Waals surface area contributed by atoms with E-state index in [-0.39, 0.29) is 20.0 Å². The molecule has 0 amide bonds. The van der Waals surface area contributed by atoms with Gasteiger partial charge in [-0.3, -0.25) is 9.69 Å². The van der Waals surface area contributed by atoms with Gasteiger partial charge < -0.3 is 14.3 Å². The lowest BCUT2D eigenvalue weighted by Gasteiger charge is -2.28. The van der Waals surface area contributed by atoms with Crippen molar-refractivity contribution in [2.45, 2.75) is 40.3 Å². The van der Waals surface area contributed by atoms with Gasteiger partial charge in [-0.2, -0.15) is 0 Å². The van der Waals surface area contributed by atoms with E-state index in [0.717, 1.165) is 33.9 Å². The van der Waals surface area contributed by atoms with Crippen molar-refractivity contribution >= 4 is 5.97 Å². The molecule has 4 aromatic rings. The predicted molar refractivity (Wildman–Crippen MR) is 142 cm³/mol. The number of carbonyl (C=O) groups is 1. The zero-order valence-corrected chi connectivity index (χ0v) is 20.1. The monoisotopic (exact) mass is 486 g/mol. The Morgan fingerprint density at radius 3 is 2.42 bits per heavy atom. The molecule has 0 saturated carbocycles. The van der Waals surface area contributed by atoms with Crippen LogP contribution in [0.1, 0.15) is 43.0 Å². The van der Waals surface area contributed by atoms with E-state index in [2.05, 4.69) is 4.98 Å². The summed E-state index contributed by atoms with van der Waals surface area (Å²) >= 11 is 0. The summed E-state index contributed by atoms with van der Waals surface area (Å²) in [5.74, 6) is 1.30. The predicted octanol–water partition coefficient (Wildman–Crippen LogP) is 6.56. The van der Waals surface area contributed by atoms with Crippen molar-refractivity contribution in [1.82, 2.24) is 9.88 Å². The number of aromatic nitrogens is 1. The standard InChI is InChI=1S/C29H30N2O4.CH4/c1-21(24-11-5-3-6-12-24)31(20-28(32)33)19-23-10-9-15-26(18-23)34-17-16-27-22(2)35-29(30-27)25-13-7-4-8-14-25;/h3-15,18,21H,16-17,19-20H2,1-2H3,(H,32,33);1H4/t21-;/m0./s1. The Hall–Kier alpha value is -3.90. The molecule has 0 aliphatic rings. The van der Waals surface area contributed by atoms with Crippen LogP contribution in [0, 0.1) is 6.92 Å². The van der Waals surface area contributed by atoms with E-state index in [9.17, 15) is 9.90 Å². The number of rotatable bonds is 11. The van der Waals surface area contributed by atoms with Crippen LogP contribution in [-0.2, 0) is 17.8 Å². The first kappa shape index (κ1) is 26.7. The Balaban J connectivity index is 0.00000361. The average molecular weight is 487 g/mol. The average Bonchev–Trinajstić information content (AvgIpc) is 3.24. The minimum absolute atomic E-state index is 0. The summed E-state index contributed by atoms with van der Waals surface area (Å²) in [6.45, 7) is 4.87. The molecule has 0 bridgehead atoms. The Kier molecular flexibility index (Phi) is 9.42. The van der Waals surface area contributed by atoms with E-state index in [1.54, 1.807) is 0 Å². The topological polar surface area (TPSA) is 75.8 Å². The van der Waals surface area contributed by atoms with Crippen LogP contribution in [-0.4, -0.2) is 34.1 Å². The highest BCUT2D eigenvalue weighted by Gasteiger charge is 2.19. The quantitative estimate of drug-likeness (QED) is 0.259. The maximum Gasteiger partial charge on any atom is 0.317 e. The van der Waals surface area contributed by atoms with Crippen LogP contribution < -0.4 is 4.74 Å². The van der Waals surface area contributed by atoms with Crippen LogP contribution in [0.2, 0.25) is 0 Å². The first-order chi connectivity index (χ1) is 17.0. The van der Waals surface area contributed by atoms with E-state index >= 15 is 0 Å². The lowest BCUT2D eigenvalue weighted by atomic mass is 10.1. The molecule has 4 rings (SSSR count). The number of hydrogen-bond donors (Lipinski definition) is 1. The van der Waals surface area contributed by atoms with Gasteiger partial charge in [0.05, 0.1) is 18.8 Å². The van der Waals surface area contributed by atoms with E-state index in [4.69, 9.17) is 9.15 Å². The van der Waals surface area contributed by atoms with Crippen molar-refractivity contribution < 1.29 is 19.1 Å². The molecule has 188 valence electrons. The second kappa shape index (κ2) is 12.7. The summed E-state index contributed by atoms with van der Waals surface area (Å²) in [5.41, 5.74) is 3.91. The normalized spacial score (nSPS) is 11.6. The van der Waals surface area contributed by atoms with Crippen molar-refractivity contribution in [2.24, 2.45) is 0 Å². The molecule has 0 saturated heterocycles. The molecule has 3 aromatic carbocycles. The Morgan fingerprint density at radius 2 is 1.72 bits per heavy atom. The Bertz CT molecular complexity index is 1240. The molecule has 6 heteroatoms. The number of benzene rings is 3. The van der Waals surface area contributed by atoms with Gasteiger partial charge in [-0.15, -0.1) is 0 Å². The fourth-order valence-electron chi connectivity index (χ4n) is 4.04. The third kappa shape index (κ3) is 7.06. The first-order valence-corrected chi connectivity index (χ1v) is 11.7. The molecule has 1 N–H and O–H groups in total. The molecule has 0 aliphatic carbocycles. The molecule has 1 atom stereocenters. The van der Waals surface area contributed by atoms with Crippen LogP contribution in [0.4, 0.5) is 0 Å². The van der Waals surface area contributed by atoms with Gasteiger partial charge in [0.1, 0.15) is 11.5 Å². The second-order valence-electron chi connectivity index (χ2n) is 8.52. The molecule has 0 spiro atoms. The number of ether oxygens (including phenoxy) is 1. The maximum absolute atomic E-state index is 11.5. The Morgan fingerprint density at radius 1 is 1.03 bits per heavy atom. The summed E-state index contributed by atoms with van der Waals surface area (Å²) in [4.78, 5) is 18.1. The van der Waals surface area contributed by atoms with E-state index in [1.165, 1.54) is 0 Å². The van der Waals surface area contributed by atoms with Gasteiger partial charge in [-0.05, 0) is 49.2 Å². The number of aryl methyl sites for hydroxylation is 1. The van der Waals surface area contributed by atoms with Gasteiger partial charge in [0, 0.05) is 24.6 Å². The van der Waals surface area contributed by atoms with Gasteiger partial charge >= 0.3 is 5.97 Å². The molecule has 6 nitrogen and oxygen atoms in total. The third-order valence-electron chi connectivity index (χ3n) is 5.97. The first-order valence-electron chi connectivity index (χ1n) is 11.7. The molecular formula is C30H34N2O4. The highest BCUT2D eigenvalue weighted by atomic mass is 16.5. The molecule has 36 heavy (non-hydrogen) atoms. The highest BCUT2D eigenvalue weighted by molar-refractivity contribution is 5.69. The molecule has 1 aromatic heterocycles. The van der Waals surface area contributed by atoms with Crippen molar-refractivity contribution in [3.63, 3.8) is 0 Å². The largest absolute Gasteiger partial charge is 0.493 e. The lowest BCUT2D eigenvalue weighted by Crippen LogP contribution is -2.32. The van der Waals surface area contributed by atoms with Crippen LogP contribution in [0.3, 0.4) is 0 Å². The lowest BCUT2D eigenvalue weighted by molar-refractivity contribution is -0.139. The molecule has 0 aliphatic heterocycles. The molecule has 0 radical (unpaired) electrons. The van der Waals surface area contributed by atoms with E-state index in [1.807, 2.05) is 104 Å². The Labute approximate surface area is 213 Å². The SMILES string of the molecule is C.Cc1oc(-c2ccccc2)nc1CCOc1cccc(CN(CC(=O)O)[C@@H](C)c2ccccc2)c1. The van der Waals surface area contributed by atoms with Gasteiger partial charge in [0.15, 0.2) is 0 Å². The smallest absolute Gasteiger partial charge is 0.317 e. The fourth-order valence-corrected chi connectivity index (χ4v) is 4.04. The van der Waals surface area contributed by atoms with E-state index in [0.29, 0.717) is 25.5 Å². The van der Waals surface area contributed by atoms with Gasteiger partial charge in [-0.1, -0.05) is 68.1 Å². The van der Waals surface area contributed by atoms with Crippen LogP contribution >= 0.6 is 0 Å². The number of carboxylic acid groups (broad SMARTS) is 1. The number of oxazole rings is 1. The number of aliphatic carboxylic acids is 1. The number of nitrogens with zero attached hydrogens (tertiary/aromatic N) is 2. The summed E-state index contributed by atoms with van der Waals surface area (Å²) in [7, 11) is 0. The van der Waals surface area contributed by atoms with Crippen molar-refractivity contribution in [1.29, 1.82) is 0 Å². The van der Waals surface area contributed by atoms with Gasteiger partial charge in [0.25, 0.3) is 0 Å². The highest BCUT2D eigenvalue weighted by Crippen LogP contribution is 2.24. The van der Waals surface area contributed by atoms with Gasteiger partial charge in [0.2, 0.25) is 5.89 Å². The molecule has 0 unspecified atom stereocenters. The van der Waals surface area contributed by atoms with Crippen LogP contribution in [0.5, 0.6) is 5.75 Å². The second-order valence-corrected chi connectivity index (χ2v) is 8.52. The molecule has 1 heterocycles. The van der Waals surface area contributed by atoms with Crippen molar-refractivity contribution in [3.05, 3.63) is 108 Å². The minimum Gasteiger partial charge on any atom is -0.493 e. The summed E-state index contributed by atoms with van der Waals surface area (Å²) in [6, 6.07) is 27.6. The number of hydrogen-bond acceptors (Lipinski definition) is 5. The molecular weight excluding hydrogens is 452 g/mol.